The van der Waals surface area contributed by atoms with Crippen molar-refractivity contribution in [3.63, 3.8) is 0 Å². The van der Waals surface area contributed by atoms with Gasteiger partial charge in [0.1, 0.15) is 0 Å². The van der Waals surface area contributed by atoms with Gasteiger partial charge < -0.3 is 5.11 Å². The van der Waals surface area contributed by atoms with Gasteiger partial charge in [0, 0.05) is 5.71 Å². The molecule has 18 heavy (non-hydrogen) atoms. The van der Waals surface area contributed by atoms with Crippen LogP contribution in [0.1, 0.15) is 48.9 Å². The van der Waals surface area contributed by atoms with E-state index < -0.39 is 5.97 Å². The van der Waals surface area contributed by atoms with Crippen LogP contribution in [0.5, 0.6) is 0 Å². The Labute approximate surface area is 107 Å². The molecule has 1 aromatic rings. The van der Waals surface area contributed by atoms with Gasteiger partial charge in [-0.15, -0.1) is 0 Å². The molecule has 1 fully saturated rings. The number of para-hydroxylation sites is 1. The van der Waals surface area contributed by atoms with Gasteiger partial charge in [-0.05, 0) is 37.8 Å². The first kappa shape index (κ1) is 12.6. The highest BCUT2D eigenvalue weighted by Gasteiger charge is 2.09. The van der Waals surface area contributed by atoms with Crippen molar-refractivity contribution in [2.24, 2.45) is 5.10 Å². The van der Waals surface area contributed by atoms with Crippen LogP contribution in [0.4, 0.5) is 5.69 Å². The third kappa shape index (κ3) is 3.32. The second-order valence-corrected chi connectivity index (χ2v) is 4.55. The Morgan fingerprint density at radius 3 is 2.44 bits per heavy atom. The van der Waals surface area contributed by atoms with E-state index in [1.54, 1.807) is 18.2 Å². The molecular formula is C14H18N2O2. The van der Waals surface area contributed by atoms with E-state index in [4.69, 9.17) is 5.11 Å². The predicted octanol–water partition coefficient (Wildman–Crippen LogP) is 3.51. The lowest BCUT2D eigenvalue weighted by molar-refractivity contribution is 0.0698. The van der Waals surface area contributed by atoms with Gasteiger partial charge in [0.25, 0.3) is 0 Å². The van der Waals surface area contributed by atoms with Crippen LogP contribution in [0.3, 0.4) is 0 Å². The topological polar surface area (TPSA) is 61.7 Å². The molecule has 0 unspecified atom stereocenters. The van der Waals surface area contributed by atoms with Gasteiger partial charge >= 0.3 is 5.97 Å². The highest BCUT2D eigenvalue weighted by atomic mass is 16.4. The van der Waals surface area contributed by atoms with Crippen LogP contribution in [-0.4, -0.2) is 16.8 Å². The fourth-order valence-corrected chi connectivity index (χ4v) is 2.15. The molecule has 0 bridgehead atoms. The Kier molecular flexibility index (Phi) is 4.34. The monoisotopic (exact) mass is 246 g/mol. The first-order chi connectivity index (χ1) is 8.77. The lowest BCUT2D eigenvalue weighted by atomic mass is 10.2. The molecule has 2 rings (SSSR count). The summed E-state index contributed by atoms with van der Waals surface area (Å²) in [6.45, 7) is 0. The number of aromatic carboxylic acids is 1. The van der Waals surface area contributed by atoms with E-state index in [2.05, 4.69) is 10.5 Å². The number of nitrogens with one attached hydrogen (secondary N) is 1. The minimum Gasteiger partial charge on any atom is -0.478 e. The third-order valence-electron chi connectivity index (χ3n) is 3.17. The SMILES string of the molecule is O=C(O)c1ccccc1NN=C1CCCCCC1. The molecule has 0 saturated heterocycles. The standard InChI is InChI=1S/C14H18N2O2/c17-14(18)12-9-5-6-10-13(12)16-15-11-7-3-1-2-4-8-11/h5-6,9-10,16H,1-4,7-8H2,(H,17,18). The van der Waals surface area contributed by atoms with Gasteiger partial charge in [0.05, 0.1) is 11.3 Å². The van der Waals surface area contributed by atoms with Crippen LogP contribution in [-0.2, 0) is 0 Å². The lowest BCUT2D eigenvalue weighted by Crippen LogP contribution is -2.05. The van der Waals surface area contributed by atoms with Crippen LogP contribution < -0.4 is 5.43 Å². The van der Waals surface area contributed by atoms with Crippen molar-refractivity contribution in [1.82, 2.24) is 0 Å². The minimum atomic E-state index is -0.931. The van der Waals surface area contributed by atoms with Crippen molar-refractivity contribution < 1.29 is 9.90 Å². The number of hydrogen-bond acceptors (Lipinski definition) is 3. The number of nitrogens with zero attached hydrogens (tertiary/aromatic N) is 1. The quantitative estimate of drug-likeness (QED) is 0.633. The van der Waals surface area contributed by atoms with E-state index in [0.29, 0.717) is 5.69 Å². The summed E-state index contributed by atoms with van der Waals surface area (Å²) in [5.74, 6) is -0.931. The average Bonchev–Trinajstić information content (AvgIpc) is 2.65. The zero-order valence-electron chi connectivity index (χ0n) is 10.4. The third-order valence-corrected chi connectivity index (χ3v) is 3.17. The first-order valence-electron chi connectivity index (χ1n) is 6.41. The summed E-state index contributed by atoms with van der Waals surface area (Å²) in [6.07, 6.45) is 6.93. The maximum atomic E-state index is 11.0. The Bertz CT molecular complexity index is 445. The molecule has 4 nitrogen and oxygen atoms in total. The van der Waals surface area contributed by atoms with E-state index in [1.165, 1.54) is 25.7 Å². The second-order valence-electron chi connectivity index (χ2n) is 4.55. The van der Waals surface area contributed by atoms with Crippen molar-refractivity contribution in [2.45, 2.75) is 38.5 Å². The minimum absolute atomic E-state index is 0.260. The number of carbonyl (C=O) groups is 1. The molecule has 0 aliphatic heterocycles. The number of rotatable bonds is 3. The van der Waals surface area contributed by atoms with E-state index >= 15 is 0 Å². The lowest BCUT2D eigenvalue weighted by Gasteiger charge is -2.07. The second kappa shape index (κ2) is 6.19. The Morgan fingerprint density at radius 2 is 1.78 bits per heavy atom. The molecule has 0 radical (unpaired) electrons. The molecule has 1 saturated carbocycles. The van der Waals surface area contributed by atoms with Gasteiger partial charge in [-0.25, -0.2) is 4.79 Å². The molecule has 2 N–H and O–H groups in total. The zero-order valence-corrected chi connectivity index (χ0v) is 10.4. The average molecular weight is 246 g/mol. The molecule has 96 valence electrons. The Morgan fingerprint density at radius 1 is 1.11 bits per heavy atom. The van der Waals surface area contributed by atoms with Crippen LogP contribution >= 0.6 is 0 Å². The highest BCUT2D eigenvalue weighted by molar-refractivity contribution is 5.94. The summed E-state index contributed by atoms with van der Waals surface area (Å²) in [6, 6.07) is 6.84. The molecule has 0 spiro atoms. The normalized spacial score (nSPS) is 15.9. The Balaban J connectivity index is 2.09. The summed E-state index contributed by atoms with van der Waals surface area (Å²) < 4.78 is 0. The molecule has 0 amide bonds. The largest absolute Gasteiger partial charge is 0.478 e. The highest BCUT2D eigenvalue weighted by Crippen LogP contribution is 2.18. The van der Waals surface area contributed by atoms with E-state index in [0.717, 1.165) is 18.6 Å². The van der Waals surface area contributed by atoms with Crippen molar-refractivity contribution in [3.05, 3.63) is 29.8 Å². The van der Waals surface area contributed by atoms with Crippen LogP contribution in [0.15, 0.2) is 29.4 Å². The number of hydrazone groups is 1. The molecular weight excluding hydrogens is 228 g/mol. The summed E-state index contributed by atoms with van der Waals surface area (Å²) in [5.41, 5.74) is 4.86. The molecule has 4 heteroatoms. The van der Waals surface area contributed by atoms with E-state index in [-0.39, 0.29) is 5.56 Å². The van der Waals surface area contributed by atoms with Gasteiger partial charge in [0.2, 0.25) is 0 Å². The number of hydrogen-bond donors (Lipinski definition) is 2. The van der Waals surface area contributed by atoms with Crippen molar-refractivity contribution in [1.29, 1.82) is 0 Å². The fraction of sp³-hybridized carbons (Fsp3) is 0.429. The molecule has 0 heterocycles. The predicted molar refractivity (Wildman–Crippen MR) is 72.2 cm³/mol. The number of carboxylic acids is 1. The molecule has 1 aliphatic rings. The maximum absolute atomic E-state index is 11.0. The van der Waals surface area contributed by atoms with Crippen molar-refractivity contribution in [2.75, 3.05) is 5.43 Å². The first-order valence-corrected chi connectivity index (χ1v) is 6.41. The summed E-state index contributed by atoms with van der Waals surface area (Å²) in [7, 11) is 0. The Hall–Kier alpha value is -1.84. The van der Waals surface area contributed by atoms with Crippen LogP contribution in [0.25, 0.3) is 0 Å². The molecule has 1 aromatic carbocycles. The number of carboxylic acid groups (broad SMARTS) is 1. The number of benzene rings is 1. The number of anilines is 1. The summed E-state index contributed by atoms with van der Waals surface area (Å²) >= 11 is 0. The van der Waals surface area contributed by atoms with Gasteiger partial charge in [-0.2, -0.15) is 5.10 Å². The van der Waals surface area contributed by atoms with Crippen LogP contribution in [0, 0.1) is 0 Å². The van der Waals surface area contributed by atoms with Gasteiger partial charge in [-0.3, -0.25) is 5.43 Å². The van der Waals surface area contributed by atoms with Crippen molar-refractivity contribution in [3.8, 4) is 0 Å². The molecule has 0 atom stereocenters. The van der Waals surface area contributed by atoms with E-state index in [9.17, 15) is 4.79 Å². The smallest absolute Gasteiger partial charge is 0.337 e. The molecule has 1 aliphatic carbocycles. The maximum Gasteiger partial charge on any atom is 0.337 e. The summed E-state index contributed by atoms with van der Waals surface area (Å²) in [5, 5.41) is 13.4. The zero-order chi connectivity index (χ0) is 12.8. The van der Waals surface area contributed by atoms with Gasteiger partial charge in [-0.1, -0.05) is 25.0 Å². The fourth-order valence-electron chi connectivity index (χ4n) is 2.15. The van der Waals surface area contributed by atoms with Crippen LogP contribution in [0.2, 0.25) is 0 Å². The van der Waals surface area contributed by atoms with Crippen molar-refractivity contribution >= 4 is 17.4 Å². The molecule has 0 aromatic heterocycles. The summed E-state index contributed by atoms with van der Waals surface area (Å²) in [4.78, 5) is 11.0. The van der Waals surface area contributed by atoms with E-state index in [1.807, 2.05) is 6.07 Å². The van der Waals surface area contributed by atoms with Gasteiger partial charge in [0.15, 0.2) is 0 Å².